The second-order valence-corrected chi connectivity index (χ2v) is 4.98. The smallest absolute Gasteiger partial charge is 0.207 e. The monoisotopic (exact) mass is 216 g/mol. The van der Waals surface area contributed by atoms with Crippen molar-refractivity contribution < 1.29 is 4.79 Å². The number of amides is 1. The largest absolute Gasteiger partial charge is 0.358 e. The Balaban J connectivity index is 1.98. The molecule has 1 unspecified atom stereocenters. The highest BCUT2D eigenvalue weighted by Gasteiger charge is 2.03. The zero-order valence-corrected chi connectivity index (χ0v) is 8.81. The lowest BCUT2D eigenvalue weighted by Crippen LogP contribution is -2.13. The highest BCUT2D eigenvalue weighted by Crippen LogP contribution is 2.28. The van der Waals surface area contributed by atoms with Crippen LogP contribution in [0.3, 0.4) is 0 Å². The fraction of sp³-hybridized carbons (Fsp3) is 0.500. The first-order valence-corrected chi connectivity index (χ1v) is 6.45. The Bertz CT molecular complexity index is 194. The topological polar surface area (TPSA) is 41.5 Å². The molecule has 5 heteroatoms. The van der Waals surface area contributed by atoms with Crippen molar-refractivity contribution in [3.05, 3.63) is 12.2 Å². The first-order valence-electron chi connectivity index (χ1n) is 4.07. The number of dihydropyridines is 1. The zero-order chi connectivity index (χ0) is 9.36. The molecule has 1 heterocycles. The van der Waals surface area contributed by atoms with Gasteiger partial charge < -0.3 is 5.32 Å². The minimum absolute atomic E-state index is 0.259. The molecule has 0 spiro atoms. The SMILES string of the molecule is O=CNCCSSC1C=CCC=N1. The molecule has 0 aromatic rings. The third kappa shape index (κ3) is 5.00. The van der Waals surface area contributed by atoms with Crippen LogP contribution in [0.15, 0.2) is 17.1 Å². The fourth-order valence-electron chi connectivity index (χ4n) is 0.805. The molecule has 0 saturated carbocycles. The van der Waals surface area contributed by atoms with E-state index in [0.29, 0.717) is 0 Å². The first kappa shape index (κ1) is 10.7. The summed E-state index contributed by atoms with van der Waals surface area (Å²) in [6, 6.07) is 0. The van der Waals surface area contributed by atoms with Crippen molar-refractivity contribution in [2.24, 2.45) is 4.99 Å². The Morgan fingerprint density at radius 3 is 3.31 bits per heavy atom. The van der Waals surface area contributed by atoms with E-state index in [9.17, 15) is 4.79 Å². The molecule has 1 rings (SSSR count). The van der Waals surface area contributed by atoms with Gasteiger partial charge in [-0.1, -0.05) is 33.7 Å². The molecular formula is C8H12N2OS2. The molecule has 0 aromatic heterocycles. The van der Waals surface area contributed by atoms with Crippen LogP contribution in [0.25, 0.3) is 0 Å². The van der Waals surface area contributed by atoms with Gasteiger partial charge in [-0.05, 0) is 0 Å². The highest BCUT2D eigenvalue weighted by atomic mass is 33.1. The van der Waals surface area contributed by atoms with Gasteiger partial charge in [0.05, 0.1) is 0 Å². The third-order valence-corrected chi connectivity index (χ3v) is 3.86. The Labute approximate surface area is 85.9 Å². The number of hydrogen-bond donors (Lipinski definition) is 1. The van der Waals surface area contributed by atoms with Gasteiger partial charge in [-0.2, -0.15) is 0 Å². The Kier molecular flexibility index (Phi) is 5.76. The van der Waals surface area contributed by atoms with Crippen molar-refractivity contribution in [3.8, 4) is 0 Å². The molecular weight excluding hydrogens is 204 g/mol. The number of carbonyl (C=O) groups is 1. The summed E-state index contributed by atoms with van der Waals surface area (Å²) in [6.07, 6.45) is 7.83. The molecule has 1 amide bonds. The molecule has 13 heavy (non-hydrogen) atoms. The molecule has 1 atom stereocenters. The van der Waals surface area contributed by atoms with Crippen molar-refractivity contribution in [3.63, 3.8) is 0 Å². The quantitative estimate of drug-likeness (QED) is 0.316. The van der Waals surface area contributed by atoms with Gasteiger partial charge in [-0.15, -0.1) is 0 Å². The molecule has 0 saturated heterocycles. The average molecular weight is 216 g/mol. The third-order valence-electron chi connectivity index (χ3n) is 1.37. The van der Waals surface area contributed by atoms with Crippen LogP contribution in [0, 0.1) is 0 Å². The van der Waals surface area contributed by atoms with Crippen LogP contribution in [0.5, 0.6) is 0 Å². The van der Waals surface area contributed by atoms with Crippen LogP contribution in [0.4, 0.5) is 0 Å². The molecule has 0 aliphatic carbocycles. The van der Waals surface area contributed by atoms with Crippen LogP contribution >= 0.6 is 21.6 Å². The summed E-state index contributed by atoms with van der Waals surface area (Å²) in [5, 5.41) is 2.87. The Hall–Kier alpha value is -0.420. The predicted octanol–water partition coefficient (Wildman–Crippen LogP) is 1.47. The van der Waals surface area contributed by atoms with Gasteiger partial charge >= 0.3 is 0 Å². The number of aliphatic imine (C=N–C) groups is 1. The van der Waals surface area contributed by atoms with Crippen LogP contribution in [0.1, 0.15) is 6.42 Å². The van der Waals surface area contributed by atoms with E-state index in [1.54, 1.807) is 21.6 Å². The Morgan fingerprint density at radius 1 is 1.69 bits per heavy atom. The lowest BCUT2D eigenvalue weighted by molar-refractivity contribution is -0.109. The van der Waals surface area contributed by atoms with Crippen molar-refractivity contribution in [1.29, 1.82) is 0 Å². The van der Waals surface area contributed by atoms with Gasteiger partial charge in [-0.3, -0.25) is 9.79 Å². The average Bonchev–Trinajstić information content (AvgIpc) is 2.19. The van der Waals surface area contributed by atoms with E-state index in [-0.39, 0.29) is 5.37 Å². The molecule has 72 valence electrons. The summed E-state index contributed by atoms with van der Waals surface area (Å²) < 4.78 is 0. The van der Waals surface area contributed by atoms with E-state index in [4.69, 9.17) is 0 Å². The highest BCUT2D eigenvalue weighted by molar-refractivity contribution is 8.77. The summed E-state index contributed by atoms with van der Waals surface area (Å²) in [6.45, 7) is 0.724. The summed E-state index contributed by atoms with van der Waals surface area (Å²) in [5.41, 5.74) is 0. The lowest BCUT2D eigenvalue weighted by atomic mass is 10.3. The molecule has 1 N–H and O–H groups in total. The van der Waals surface area contributed by atoms with Crippen molar-refractivity contribution in [2.75, 3.05) is 12.3 Å². The van der Waals surface area contributed by atoms with E-state index in [1.807, 2.05) is 6.21 Å². The number of nitrogens with zero attached hydrogens (tertiary/aromatic N) is 1. The molecule has 1 aliphatic heterocycles. The summed E-state index contributed by atoms with van der Waals surface area (Å²) >= 11 is 0. The zero-order valence-electron chi connectivity index (χ0n) is 7.18. The van der Waals surface area contributed by atoms with Crippen molar-refractivity contribution in [1.82, 2.24) is 5.32 Å². The number of rotatable bonds is 6. The summed E-state index contributed by atoms with van der Waals surface area (Å²) in [4.78, 5) is 14.2. The van der Waals surface area contributed by atoms with Crippen molar-refractivity contribution in [2.45, 2.75) is 11.8 Å². The van der Waals surface area contributed by atoms with Gasteiger partial charge in [-0.25, -0.2) is 0 Å². The second-order valence-electron chi connectivity index (χ2n) is 2.38. The minimum atomic E-state index is 0.259. The lowest BCUT2D eigenvalue weighted by Gasteiger charge is -2.08. The predicted molar refractivity (Wildman–Crippen MR) is 60.2 cm³/mol. The van der Waals surface area contributed by atoms with E-state index in [1.165, 1.54) is 0 Å². The fourth-order valence-corrected chi connectivity index (χ4v) is 2.85. The molecule has 0 bridgehead atoms. The molecule has 3 nitrogen and oxygen atoms in total. The maximum Gasteiger partial charge on any atom is 0.207 e. The molecule has 0 fully saturated rings. The van der Waals surface area contributed by atoms with Crippen LogP contribution in [0.2, 0.25) is 0 Å². The van der Waals surface area contributed by atoms with Gasteiger partial charge in [0, 0.05) is 24.9 Å². The maximum atomic E-state index is 9.91. The molecule has 0 aromatic carbocycles. The van der Waals surface area contributed by atoms with Gasteiger partial charge in [0.25, 0.3) is 0 Å². The number of nitrogens with one attached hydrogen (secondary N) is 1. The minimum Gasteiger partial charge on any atom is -0.358 e. The number of allylic oxidation sites excluding steroid dienone is 1. The number of hydrogen-bond acceptors (Lipinski definition) is 4. The van der Waals surface area contributed by atoms with Crippen molar-refractivity contribution >= 4 is 34.2 Å². The summed E-state index contributed by atoms with van der Waals surface area (Å²) in [7, 11) is 3.45. The summed E-state index contributed by atoms with van der Waals surface area (Å²) in [5.74, 6) is 0.920. The van der Waals surface area contributed by atoms with Gasteiger partial charge in [0.2, 0.25) is 6.41 Å². The van der Waals surface area contributed by atoms with Crippen LogP contribution in [-0.4, -0.2) is 30.3 Å². The van der Waals surface area contributed by atoms with Gasteiger partial charge in [0.15, 0.2) is 0 Å². The van der Waals surface area contributed by atoms with E-state index in [0.717, 1.165) is 25.1 Å². The van der Waals surface area contributed by atoms with E-state index < -0.39 is 0 Å². The second kappa shape index (κ2) is 7.03. The van der Waals surface area contributed by atoms with Crippen LogP contribution in [-0.2, 0) is 4.79 Å². The normalized spacial score (nSPS) is 20.2. The first-order chi connectivity index (χ1) is 6.43. The molecule has 0 radical (unpaired) electrons. The van der Waals surface area contributed by atoms with Crippen LogP contribution < -0.4 is 5.32 Å². The number of carbonyl (C=O) groups excluding carboxylic acids is 1. The molecule has 1 aliphatic rings. The van der Waals surface area contributed by atoms with E-state index >= 15 is 0 Å². The van der Waals surface area contributed by atoms with E-state index in [2.05, 4.69) is 22.5 Å². The standard InChI is InChI=1S/C8H12N2OS2/c11-7-9-5-6-12-13-8-3-1-2-4-10-8/h1,3-4,7-8H,2,5-6H2,(H,9,11). The maximum absolute atomic E-state index is 9.91. The van der Waals surface area contributed by atoms with Gasteiger partial charge in [0.1, 0.15) is 5.37 Å². The Morgan fingerprint density at radius 2 is 2.62 bits per heavy atom.